The largest absolute Gasteiger partial charge is 0.490 e. The number of carbonyl (C=O) groups excluding carboxylic acids is 1. The maximum absolute atomic E-state index is 11.0. The van der Waals surface area contributed by atoms with Crippen molar-refractivity contribution in [2.75, 3.05) is 39.3 Å². The lowest BCUT2D eigenvalue weighted by Crippen LogP contribution is -2.50. The highest BCUT2D eigenvalue weighted by molar-refractivity contribution is 5.77. The molecule has 21 heavy (non-hydrogen) atoms. The molecule has 0 unspecified atom stereocenters. The monoisotopic (exact) mass is 316 g/mol. The first-order valence-corrected chi connectivity index (χ1v) is 5.70. The van der Waals surface area contributed by atoms with Gasteiger partial charge in [0, 0.05) is 26.2 Å². The van der Waals surface area contributed by atoms with Crippen molar-refractivity contribution in [2.24, 2.45) is 0 Å². The summed E-state index contributed by atoms with van der Waals surface area (Å²) in [6, 6.07) is 0. The Morgan fingerprint density at radius 1 is 1.00 bits per heavy atom. The van der Waals surface area contributed by atoms with Crippen LogP contribution in [0.1, 0.15) is 0 Å². The van der Waals surface area contributed by atoms with Gasteiger partial charge in [-0.1, -0.05) is 0 Å². The summed E-state index contributed by atoms with van der Waals surface area (Å²) < 4.78 is 31.7. The summed E-state index contributed by atoms with van der Waals surface area (Å²) in [4.78, 5) is 33.6. The second-order valence-electron chi connectivity index (χ2n) is 4.01. The Morgan fingerprint density at radius 2 is 1.43 bits per heavy atom. The molecule has 0 atom stereocenters. The molecule has 1 aliphatic heterocycles. The SMILES string of the molecule is O=C(O)C(F)(F)F.O=C(O)CN1CCN(C(=O)CO)CC1. The van der Waals surface area contributed by atoms with Crippen LogP contribution in [0.4, 0.5) is 13.2 Å². The van der Waals surface area contributed by atoms with Gasteiger partial charge in [-0.3, -0.25) is 14.5 Å². The molecule has 0 saturated carbocycles. The quantitative estimate of drug-likeness (QED) is 0.601. The van der Waals surface area contributed by atoms with Crippen molar-refractivity contribution in [3.8, 4) is 0 Å². The molecule has 3 N–H and O–H groups in total. The summed E-state index contributed by atoms with van der Waals surface area (Å²) in [5.41, 5.74) is 0. The number of alkyl halides is 3. The third kappa shape index (κ3) is 8.09. The second-order valence-corrected chi connectivity index (χ2v) is 4.01. The number of carboxylic acids is 2. The Labute approximate surface area is 117 Å². The van der Waals surface area contributed by atoms with Crippen molar-refractivity contribution in [1.29, 1.82) is 0 Å². The number of carbonyl (C=O) groups is 3. The maximum Gasteiger partial charge on any atom is 0.490 e. The lowest BCUT2D eigenvalue weighted by Gasteiger charge is -2.33. The van der Waals surface area contributed by atoms with Crippen molar-refractivity contribution in [1.82, 2.24) is 9.80 Å². The predicted octanol–water partition coefficient (Wildman–Crippen LogP) is -1.16. The maximum atomic E-state index is 11.0. The van der Waals surface area contributed by atoms with Crippen LogP contribution >= 0.6 is 0 Å². The number of aliphatic carboxylic acids is 2. The van der Waals surface area contributed by atoms with E-state index in [9.17, 15) is 22.8 Å². The number of nitrogens with zero attached hydrogens (tertiary/aromatic N) is 2. The summed E-state index contributed by atoms with van der Waals surface area (Å²) in [6.07, 6.45) is -5.08. The van der Waals surface area contributed by atoms with Gasteiger partial charge in [0.1, 0.15) is 6.61 Å². The molecular weight excluding hydrogens is 301 g/mol. The standard InChI is InChI=1S/C8H14N2O4.C2HF3O2/c11-6-7(12)10-3-1-9(2-4-10)5-8(13)14;3-2(4,5)1(6)7/h11H,1-6H2,(H,13,14);(H,6,7). The molecule has 8 nitrogen and oxygen atoms in total. The van der Waals surface area contributed by atoms with Gasteiger partial charge >= 0.3 is 18.1 Å². The summed E-state index contributed by atoms with van der Waals surface area (Å²) >= 11 is 0. The number of amides is 1. The first kappa shape index (κ1) is 19.1. The molecular formula is C10H15F3N2O6. The van der Waals surface area contributed by atoms with E-state index in [1.54, 1.807) is 9.80 Å². The van der Waals surface area contributed by atoms with Crippen LogP contribution in [-0.4, -0.2) is 88.5 Å². The van der Waals surface area contributed by atoms with Gasteiger partial charge in [0.2, 0.25) is 5.91 Å². The number of hydrogen-bond donors (Lipinski definition) is 3. The van der Waals surface area contributed by atoms with Crippen molar-refractivity contribution in [3.63, 3.8) is 0 Å². The molecule has 11 heteroatoms. The van der Waals surface area contributed by atoms with Crippen molar-refractivity contribution < 1.29 is 42.9 Å². The van der Waals surface area contributed by atoms with Crippen LogP contribution in [-0.2, 0) is 14.4 Å². The average molecular weight is 316 g/mol. The molecule has 0 radical (unpaired) electrons. The molecule has 1 fully saturated rings. The fraction of sp³-hybridized carbons (Fsp3) is 0.700. The van der Waals surface area contributed by atoms with Crippen LogP contribution in [0.5, 0.6) is 0 Å². The molecule has 122 valence electrons. The first-order chi connectivity index (χ1) is 9.57. The van der Waals surface area contributed by atoms with Crippen molar-refractivity contribution in [3.05, 3.63) is 0 Å². The highest BCUT2D eigenvalue weighted by atomic mass is 19.4. The number of hydrogen-bond acceptors (Lipinski definition) is 5. The summed E-state index contributed by atoms with van der Waals surface area (Å²) in [5.74, 6) is -3.90. The zero-order chi connectivity index (χ0) is 16.6. The van der Waals surface area contributed by atoms with Gasteiger partial charge in [-0.05, 0) is 0 Å². The summed E-state index contributed by atoms with van der Waals surface area (Å²) in [5, 5.41) is 24.2. The molecule has 0 bridgehead atoms. The van der Waals surface area contributed by atoms with Crippen molar-refractivity contribution in [2.45, 2.75) is 6.18 Å². The molecule has 0 aromatic rings. The third-order valence-corrected chi connectivity index (χ3v) is 2.46. The van der Waals surface area contributed by atoms with Gasteiger partial charge in [-0.15, -0.1) is 0 Å². The minimum absolute atomic E-state index is 0.0150. The normalized spacial score (nSPS) is 15.9. The van der Waals surface area contributed by atoms with E-state index in [0.29, 0.717) is 26.2 Å². The third-order valence-electron chi connectivity index (χ3n) is 2.46. The van der Waals surface area contributed by atoms with E-state index < -0.39 is 24.7 Å². The van der Waals surface area contributed by atoms with Crippen LogP contribution in [0.15, 0.2) is 0 Å². The number of halogens is 3. The van der Waals surface area contributed by atoms with E-state index in [4.69, 9.17) is 20.1 Å². The predicted molar refractivity (Wildman–Crippen MR) is 61.4 cm³/mol. The fourth-order valence-corrected chi connectivity index (χ4v) is 1.45. The molecule has 1 amide bonds. The minimum Gasteiger partial charge on any atom is -0.480 e. The second kappa shape index (κ2) is 8.42. The first-order valence-electron chi connectivity index (χ1n) is 5.70. The van der Waals surface area contributed by atoms with Gasteiger partial charge < -0.3 is 20.2 Å². The van der Waals surface area contributed by atoms with Crippen LogP contribution in [0.3, 0.4) is 0 Å². The smallest absolute Gasteiger partial charge is 0.480 e. The number of aliphatic hydroxyl groups is 1. The van der Waals surface area contributed by atoms with E-state index in [-0.39, 0.29) is 12.5 Å². The lowest BCUT2D eigenvalue weighted by atomic mass is 10.3. The fourth-order valence-electron chi connectivity index (χ4n) is 1.45. The van der Waals surface area contributed by atoms with E-state index >= 15 is 0 Å². The Bertz CT molecular complexity index is 379. The minimum atomic E-state index is -5.08. The molecule has 1 saturated heterocycles. The topological polar surface area (TPSA) is 118 Å². The molecule has 0 spiro atoms. The molecule has 0 aromatic heterocycles. The highest BCUT2D eigenvalue weighted by Crippen LogP contribution is 2.13. The Hall–Kier alpha value is -1.88. The van der Waals surface area contributed by atoms with E-state index in [1.165, 1.54) is 0 Å². The van der Waals surface area contributed by atoms with E-state index in [1.807, 2.05) is 0 Å². The molecule has 0 aromatic carbocycles. The number of carboxylic acid groups (broad SMARTS) is 2. The van der Waals surface area contributed by atoms with Gasteiger partial charge in [-0.2, -0.15) is 13.2 Å². The van der Waals surface area contributed by atoms with Gasteiger partial charge in [0.05, 0.1) is 6.54 Å². The van der Waals surface area contributed by atoms with Gasteiger partial charge in [0.15, 0.2) is 0 Å². The van der Waals surface area contributed by atoms with Gasteiger partial charge in [-0.25, -0.2) is 4.79 Å². The Morgan fingerprint density at radius 3 is 1.71 bits per heavy atom. The zero-order valence-corrected chi connectivity index (χ0v) is 10.8. The van der Waals surface area contributed by atoms with Gasteiger partial charge in [0.25, 0.3) is 0 Å². The Balaban J connectivity index is 0.000000486. The van der Waals surface area contributed by atoms with Crippen LogP contribution in [0.2, 0.25) is 0 Å². The average Bonchev–Trinajstić information content (AvgIpc) is 2.37. The van der Waals surface area contributed by atoms with Crippen LogP contribution in [0.25, 0.3) is 0 Å². The van der Waals surface area contributed by atoms with Crippen LogP contribution < -0.4 is 0 Å². The zero-order valence-electron chi connectivity index (χ0n) is 10.8. The lowest BCUT2D eigenvalue weighted by molar-refractivity contribution is -0.192. The molecule has 0 aliphatic carbocycles. The van der Waals surface area contributed by atoms with E-state index in [2.05, 4.69) is 0 Å². The molecule has 1 rings (SSSR count). The highest BCUT2D eigenvalue weighted by Gasteiger charge is 2.38. The summed E-state index contributed by atoms with van der Waals surface area (Å²) in [6.45, 7) is 1.63. The molecule has 1 heterocycles. The Kier molecular flexibility index (Phi) is 7.66. The number of rotatable bonds is 3. The van der Waals surface area contributed by atoms with Crippen LogP contribution in [0, 0.1) is 0 Å². The van der Waals surface area contributed by atoms with Crippen molar-refractivity contribution >= 4 is 17.8 Å². The summed E-state index contributed by atoms with van der Waals surface area (Å²) in [7, 11) is 0. The van der Waals surface area contributed by atoms with E-state index in [0.717, 1.165) is 0 Å². The molecule has 1 aliphatic rings. The number of piperazine rings is 1. The number of aliphatic hydroxyl groups excluding tert-OH is 1.